The van der Waals surface area contributed by atoms with Gasteiger partial charge in [0.25, 0.3) is 0 Å². The van der Waals surface area contributed by atoms with Crippen molar-refractivity contribution in [2.75, 3.05) is 11.6 Å². The molecule has 2 aromatic rings. The molecular weight excluding hydrogens is 388 g/mol. The van der Waals surface area contributed by atoms with Crippen LogP contribution >= 0.6 is 43.6 Å². The van der Waals surface area contributed by atoms with Crippen molar-refractivity contribution in [3.8, 4) is 6.07 Å². The van der Waals surface area contributed by atoms with Gasteiger partial charge in [-0.2, -0.15) is 5.26 Å². The summed E-state index contributed by atoms with van der Waals surface area (Å²) in [6.45, 7) is 0. The van der Waals surface area contributed by atoms with E-state index in [1.807, 2.05) is 42.7 Å². The van der Waals surface area contributed by atoms with Gasteiger partial charge >= 0.3 is 0 Å². The van der Waals surface area contributed by atoms with Gasteiger partial charge in [0.15, 0.2) is 0 Å². The lowest BCUT2D eigenvalue weighted by Gasteiger charge is -2.12. The van der Waals surface area contributed by atoms with E-state index in [2.05, 4.69) is 43.2 Å². The number of thioether (sulfide) groups is 1. The zero-order valence-electron chi connectivity index (χ0n) is 10.1. The maximum atomic E-state index is 9.31. The minimum Gasteiger partial charge on any atom is -0.353 e. The van der Waals surface area contributed by atoms with Crippen LogP contribution in [0.4, 0.5) is 11.4 Å². The maximum Gasteiger partial charge on any atom is 0.103 e. The van der Waals surface area contributed by atoms with Crippen LogP contribution in [0.5, 0.6) is 0 Å². The molecule has 0 unspecified atom stereocenters. The van der Waals surface area contributed by atoms with Gasteiger partial charge in [0.05, 0.1) is 16.9 Å². The fraction of sp³-hybridized carbons (Fsp3) is 0.0714. The molecule has 2 nitrogen and oxygen atoms in total. The number of halogens is 2. The Morgan fingerprint density at radius 3 is 2.63 bits per heavy atom. The summed E-state index contributed by atoms with van der Waals surface area (Å²) in [6, 6.07) is 13.9. The van der Waals surface area contributed by atoms with Gasteiger partial charge in [-0.25, -0.2) is 0 Å². The molecule has 0 saturated heterocycles. The van der Waals surface area contributed by atoms with Crippen LogP contribution in [0.25, 0.3) is 0 Å². The molecule has 0 aliphatic carbocycles. The number of nitrogens with zero attached hydrogens (tertiary/aromatic N) is 1. The quantitative estimate of drug-likeness (QED) is 0.689. The molecule has 96 valence electrons. The van der Waals surface area contributed by atoms with E-state index < -0.39 is 0 Å². The Hall–Kier alpha value is -0.960. The number of anilines is 2. The average Bonchev–Trinajstić information content (AvgIpc) is 2.42. The first kappa shape index (κ1) is 14.4. The zero-order chi connectivity index (χ0) is 13.8. The second-order valence-corrected chi connectivity index (χ2v) is 6.36. The van der Waals surface area contributed by atoms with Crippen LogP contribution in [0, 0.1) is 11.3 Å². The lowest BCUT2D eigenvalue weighted by atomic mass is 10.2. The van der Waals surface area contributed by atoms with E-state index >= 15 is 0 Å². The van der Waals surface area contributed by atoms with Crippen LogP contribution in [-0.2, 0) is 0 Å². The number of hydrogen-bond acceptors (Lipinski definition) is 3. The number of hydrogen-bond donors (Lipinski definition) is 1. The molecule has 0 radical (unpaired) electrons. The molecule has 0 atom stereocenters. The van der Waals surface area contributed by atoms with Crippen molar-refractivity contribution >= 4 is 55.0 Å². The fourth-order valence-electron chi connectivity index (χ4n) is 1.66. The number of nitrogens with one attached hydrogen (secondary N) is 1. The molecule has 0 fully saturated rings. The van der Waals surface area contributed by atoms with Crippen LogP contribution in [0.2, 0.25) is 0 Å². The molecule has 2 aromatic carbocycles. The van der Waals surface area contributed by atoms with E-state index in [1.54, 1.807) is 11.8 Å². The standard InChI is InChI=1S/C14H10Br2N2S/c1-19-14-4-2-3-12(10(14)8-17)18-13-7-9(15)5-6-11(13)16/h2-7,18H,1H3. The number of benzene rings is 2. The van der Waals surface area contributed by atoms with Gasteiger partial charge in [-0.15, -0.1) is 11.8 Å². The van der Waals surface area contributed by atoms with Gasteiger partial charge in [-0.1, -0.05) is 22.0 Å². The Kier molecular flexibility index (Phi) is 4.92. The molecule has 0 heterocycles. The highest BCUT2D eigenvalue weighted by Gasteiger charge is 2.09. The minimum absolute atomic E-state index is 0.668. The molecule has 0 bridgehead atoms. The van der Waals surface area contributed by atoms with Crippen LogP contribution in [0.3, 0.4) is 0 Å². The van der Waals surface area contributed by atoms with Crippen LogP contribution in [-0.4, -0.2) is 6.26 Å². The van der Waals surface area contributed by atoms with Crippen molar-refractivity contribution in [2.24, 2.45) is 0 Å². The summed E-state index contributed by atoms with van der Waals surface area (Å²) < 4.78 is 1.94. The molecule has 2 rings (SSSR count). The van der Waals surface area contributed by atoms with E-state index in [-0.39, 0.29) is 0 Å². The lowest BCUT2D eigenvalue weighted by molar-refractivity contribution is 1.35. The predicted octanol–water partition coefficient (Wildman–Crippen LogP) is 5.55. The van der Waals surface area contributed by atoms with Gasteiger partial charge in [-0.05, 0) is 52.5 Å². The minimum atomic E-state index is 0.668. The van der Waals surface area contributed by atoms with Crippen molar-refractivity contribution in [1.29, 1.82) is 5.26 Å². The summed E-state index contributed by atoms with van der Waals surface area (Å²) in [5, 5.41) is 12.6. The van der Waals surface area contributed by atoms with Gasteiger partial charge in [0.2, 0.25) is 0 Å². The summed E-state index contributed by atoms with van der Waals surface area (Å²) in [4.78, 5) is 0.971. The molecule has 5 heteroatoms. The molecular formula is C14H10Br2N2S. The van der Waals surface area contributed by atoms with E-state index in [9.17, 15) is 5.26 Å². The summed E-state index contributed by atoms with van der Waals surface area (Å²) in [6.07, 6.45) is 1.97. The Labute approximate surface area is 133 Å². The van der Waals surface area contributed by atoms with Crippen molar-refractivity contribution in [2.45, 2.75) is 4.90 Å². The summed E-state index contributed by atoms with van der Waals surface area (Å²) in [5.41, 5.74) is 2.40. The topological polar surface area (TPSA) is 35.8 Å². The molecule has 1 N–H and O–H groups in total. The molecule has 0 amide bonds. The maximum absolute atomic E-state index is 9.31. The van der Waals surface area contributed by atoms with Gasteiger partial charge in [0, 0.05) is 13.8 Å². The van der Waals surface area contributed by atoms with E-state index in [1.165, 1.54) is 0 Å². The Morgan fingerprint density at radius 2 is 1.95 bits per heavy atom. The number of rotatable bonds is 3. The second-order valence-electron chi connectivity index (χ2n) is 3.74. The summed E-state index contributed by atoms with van der Waals surface area (Å²) >= 11 is 8.51. The first-order valence-corrected chi connectivity index (χ1v) is 8.26. The van der Waals surface area contributed by atoms with E-state index in [4.69, 9.17) is 0 Å². The monoisotopic (exact) mass is 396 g/mol. The van der Waals surface area contributed by atoms with Crippen LogP contribution < -0.4 is 5.32 Å². The second kappa shape index (κ2) is 6.47. The number of nitriles is 1. The van der Waals surface area contributed by atoms with Crippen molar-refractivity contribution in [3.05, 3.63) is 50.9 Å². The fourth-order valence-corrected chi connectivity index (χ4v) is 2.94. The highest BCUT2D eigenvalue weighted by atomic mass is 79.9. The van der Waals surface area contributed by atoms with Crippen molar-refractivity contribution in [1.82, 2.24) is 0 Å². The zero-order valence-corrected chi connectivity index (χ0v) is 14.1. The third-order valence-corrected chi connectivity index (χ3v) is 4.52. The smallest absolute Gasteiger partial charge is 0.103 e. The van der Waals surface area contributed by atoms with E-state index in [0.717, 1.165) is 25.2 Å². The summed E-state index contributed by atoms with van der Waals surface area (Å²) in [7, 11) is 0. The molecule has 0 aliphatic rings. The predicted molar refractivity (Wildman–Crippen MR) is 88.1 cm³/mol. The van der Waals surface area contributed by atoms with Crippen LogP contribution in [0.15, 0.2) is 50.2 Å². The third kappa shape index (κ3) is 3.33. The van der Waals surface area contributed by atoms with E-state index in [0.29, 0.717) is 5.56 Å². The molecule has 19 heavy (non-hydrogen) atoms. The van der Waals surface area contributed by atoms with Gasteiger partial charge in [-0.3, -0.25) is 0 Å². The summed E-state index contributed by atoms with van der Waals surface area (Å²) in [5.74, 6) is 0. The Bertz CT molecular complexity index is 650. The third-order valence-electron chi connectivity index (χ3n) is 2.56. The molecule has 0 aromatic heterocycles. The average molecular weight is 398 g/mol. The SMILES string of the molecule is CSc1cccc(Nc2cc(Br)ccc2Br)c1C#N. The van der Waals surface area contributed by atoms with Crippen molar-refractivity contribution < 1.29 is 0 Å². The van der Waals surface area contributed by atoms with Crippen LogP contribution in [0.1, 0.15) is 5.56 Å². The first-order chi connectivity index (χ1) is 9.15. The first-order valence-electron chi connectivity index (χ1n) is 5.45. The normalized spacial score (nSPS) is 10.0. The van der Waals surface area contributed by atoms with Crippen molar-refractivity contribution in [3.63, 3.8) is 0 Å². The van der Waals surface area contributed by atoms with Gasteiger partial charge in [0.1, 0.15) is 6.07 Å². The highest BCUT2D eigenvalue weighted by Crippen LogP contribution is 2.32. The van der Waals surface area contributed by atoms with Gasteiger partial charge < -0.3 is 5.32 Å². The Morgan fingerprint density at radius 1 is 1.16 bits per heavy atom. The Balaban J connectivity index is 2.44. The molecule has 0 aliphatic heterocycles. The largest absolute Gasteiger partial charge is 0.353 e. The highest BCUT2D eigenvalue weighted by molar-refractivity contribution is 9.11. The molecule has 0 saturated carbocycles. The molecule has 0 spiro atoms. The lowest BCUT2D eigenvalue weighted by Crippen LogP contribution is -1.96.